The van der Waals surface area contributed by atoms with E-state index in [-0.39, 0.29) is 0 Å². The first-order valence-corrected chi connectivity index (χ1v) is 6.08. The minimum Gasteiger partial charge on any atom is -0.383 e. The van der Waals surface area contributed by atoms with Gasteiger partial charge in [-0.2, -0.15) is 0 Å². The standard InChI is InChI=1S/C10H19NO2.C2H6/c1-13-8-7-11(9-12)10-5-3-2-4-6-10;1-2/h9-10H,2-8H2,1H3;1-2H3. The van der Waals surface area contributed by atoms with Crippen molar-refractivity contribution in [3.05, 3.63) is 0 Å². The summed E-state index contributed by atoms with van der Waals surface area (Å²) in [7, 11) is 1.67. The molecule has 90 valence electrons. The van der Waals surface area contributed by atoms with Crippen molar-refractivity contribution in [2.75, 3.05) is 20.3 Å². The van der Waals surface area contributed by atoms with Crippen LogP contribution >= 0.6 is 0 Å². The largest absolute Gasteiger partial charge is 0.383 e. The molecule has 0 saturated heterocycles. The molecule has 0 aliphatic heterocycles. The molecule has 1 aliphatic carbocycles. The quantitative estimate of drug-likeness (QED) is 0.659. The Balaban J connectivity index is 0.000000921. The van der Waals surface area contributed by atoms with E-state index in [0.29, 0.717) is 12.6 Å². The first kappa shape index (κ1) is 14.4. The van der Waals surface area contributed by atoms with E-state index in [1.807, 2.05) is 18.7 Å². The average molecular weight is 215 g/mol. The number of methoxy groups -OCH3 is 1. The molecule has 1 amide bonds. The third-order valence-electron chi connectivity index (χ3n) is 2.73. The van der Waals surface area contributed by atoms with Crippen LogP contribution in [-0.2, 0) is 9.53 Å². The van der Waals surface area contributed by atoms with Crippen LogP contribution in [0.1, 0.15) is 46.0 Å². The number of carbonyl (C=O) groups excluding carboxylic acids is 1. The highest BCUT2D eigenvalue weighted by molar-refractivity contribution is 5.47. The number of amides is 1. The second-order valence-electron chi connectivity index (χ2n) is 3.63. The molecule has 0 aromatic carbocycles. The van der Waals surface area contributed by atoms with Crippen LogP contribution in [0.4, 0.5) is 0 Å². The summed E-state index contributed by atoms with van der Waals surface area (Å²) in [6, 6.07) is 0.474. The van der Waals surface area contributed by atoms with Gasteiger partial charge in [-0.3, -0.25) is 4.79 Å². The summed E-state index contributed by atoms with van der Waals surface area (Å²) in [6.07, 6.45) is 7.16. The zero-order chi connectivity index (χ0) is 11.5. The van der Waals surface area contributed by atoms with E-state index in [9.17, 15) is 4.79 Å². The monoisotopic (exact) mass is 215 g/mol. The molecule has 3 nitrogen and oxygen atoms in total. The van der Waals surface area contributed by atoms with Gasteiger partial charge in [-0.25, -0.2) is 0 Å². The lowest BCUT2D eigenvalue weighted by Crippen LogP contribution is -2.37. The molecule has 1 aliphatic rings. The van der Waals surface area contributed by atoms with E-state index < -0.39 is 0 Å². The molecular weight excluding hydrogens is 190 g/mol. The second-order valence-corrected chi connectivity index (χ2v) is 3.63. The molecule has 0 N–H and O–H groups in total. The van der Waals surface area contributed by atoms with Gasteiger partial charge >= 0.3 is 0 Å². The van der Waals surface area contributed by atoms with Crippen LogP contribution in [-0.4, -0.2) is 37.6 Å². The van der Waals surface area contributed by atoms with Crippen LogP contribution in [0.15, 0.2) is 0 Å². The number of carbonyl (C=O) groups is 1. The molecule has 0 aromatic heterocycles. The van der Waals surface area contributed by atoms with Crippen LogP contribution in [0, 0.1) is 0 Å². The molecule has 0 unspecified atom stereocenters. The second kappa shape index (κ2) is 9.97. The average Bonchev–Trinajstić information content (AvgIpc) is 2.34. The molecular formula is C12H25NO2. The minimum absolute atomic E-state index is 0.474. The summed E-state index contributed by atoms with van der Waals surface area (Å²) >= 11 is 0. The lowest BCUT2D eigenvalue weighted by atomic mass is 9.94. The van der Waals surface area contributed by atoms with E-state index in [2.05, 4.69) is 0 Å². The van der Waals surface area contributed by atoms with Crippen LogP contribution in [0.2, 0.25) is 0 Å². The topological polar surface area (TPSA) is 29.5 Å². The fraction of sp³-hybridized carbons (Fsp3) is 0.917. The Kier molecular flexibility index (Phi) is 9.59. The van der Waals surface area contributed by atoms with E-state index in [1.165, 1.54) is 32.1 Å². The molecule has 3 heteroatoms. The van der Waals surface area contributed by atoms with Crippen molar-refractivity contribution in [1.29, 1.82) is 0 Å². The van der Waals surface area contributed by atoms with Gasteiger partial charge in [0.05, 0.1) is 6.61 Å². The zero-order valence-corrected chi connectivity index (χ0v) is 10.4. The molecule has 0 heterocycles. The number of hydrogen-bond acceptors (Lipinski definition) is 2. The Labute approximate surface area is 93.8 Å². The van der Waals surface area contributed by atoms with E-state index in [1.54, 1.807) is 7.11 Å². The van der Waals surface area contributed by atoms with Gasteiger partial charge in [-0.1, -0.05) is 33.1 Å². The van der Waals surface area contributed by atoms with Crippen molar-refractivity contribution in [1.82, 2.24) is 4.90 Å². The van der Waals surface area contributed by atoms with Gasteiger partial charge in [-0.05, 0) is 12.8 Å². The molecule has 0 spiro atoms. The number of nitrogens with zero attached hydrogens (tertiary/aromatic N) is 1. The summed E-state index contributed by atoms with van der Waals surface area (Å²) < 4.78 is 4.96. The summed E-state index contributed by atoms with van der Waals surface area (Å²) in [5.74, 6) is 0. The first-order chi connectivity index (χ1) is 7.38. The predicted molar refractivity (Wildman–Crippen MR) is 62.9 cm³/mol. The Morgan fingerprint density at radius 2 is 1.87 bits per heavy atom. The number of ether oxygens (including phenoxy) is 1. The fourth-order valence-electron chi connectivity index (χ4n) is 1.93. The van der Waals surface area contributed by atoms with E-state index in [4.69, 9.17) is 4.74 Å². The molecule has 15 heavy (non-hydrogen) atoms. The number of hydrogen-bond donors (Lipinski definition) is 0. The first-order valence-electron chi connectivity index (χ1n) is 6.08. The van der Waals surface area contributed by atoms with Crippen molar-refractivity contribution >= 4 is 6.41 Å². The maximum Gasteiger partial charge on any atom is 0.210 e. The highest BCUT2D eigenvalue weighted by atomic mass is 16.5. The summed E-state index contributed by atoms with van der Waals surface area (Å²) in [4.78, 5) is 12.7. The van der Waals surface area contributed by atoms with Gasteiger partial charge in [0.15, 0.2) is 0 Å². The zero-order valence-electron chi connectivity index (χ0n) is 10.4. The van der Waals surface area contributed by atoms with Crippen molar-refractivity contribution in [2.24, 2.45) is 0 Å². The van der Waals surface area contributed by atoms with Crippen molar-refractivity contribution < 1.29 is 9.53 Å². The van der Waals surface area contributed by atoms with Crippen molar-refractivity contribution in [3.8, 4) is 0 Å². The van der Waals surface area contributed by atoms with Crippen molar-refractivity contribution in [2.45, 2.75) is 52.0 Å². The van der Waals surface area contributed by atoms with E-state index >= 15 is 0 Å². The Hall–Kier alpha value is -0.570. The smallest absolute Gasteiger partial charge is 0.210 e. The van der Waals surface area contributed by atoms with Gasteiger partial charge in [0.1, 0.15) is 0 Å². The van der Waals surface area contributed by atoms with Crippen LogP contribution in [0.25, 0.3) is 0 Å². The molecule has 0 bridgehead atoms. The predicted octanol–water partition coefficient (Wildman–Crippen LogP) is 2.45. The summed E-state index contributed by atoms with van der Waals surface area (Å²) in [6.45, 7) is 5.39. The van der Waals surface area contributed by atoms with Crippen LogP contribution < -0.4 is 0 Å². The highest BCUT2D eigenvalue weighted by Crippen LogP contribution is 2.21. The molecule has 0 radical (unpaired) electrons. The SMILES string of the molecule is CC.COCCN(C=O)C1CCCCC1. The van der Waals surface area contributed by atoms with Crippen molar-refractivity contribution in [3.63, 3.8) is 0 Å². The fourth-order valence-corrected chi connectivity index (χ4v) is 1.93. The van der Waals surface area contributed by atoms with Crippen LogP contribution in [0.5, 0.6) is 0 Å². The molecule has 1 fully saturated rings. The van der Waals surface area contributed by atoms with E-state index in [0.717, 1.165) is 13.0 Å². The van der Waals surface area contributed by atoms with Crippen LogP contribution in [0.3, 0.4) is 0 Å². The minimum atomic E-state index is 0.474. The molecule has 1 saturated carbocycles. The summed E-state index contributed by atoms with van der Waals surface area (Å²) in [5.41, 5.74) is 0. The third kappa shape index (κ3) is 5.78. The lowest BCUT2D eigenvalue weighted by molar-refractivity contribution is -0.121. The number of rotatable bonds is 5. The Morgan fingerprint density at radius 3 is 2.33 bits per heavy atom. The molecule has 1 rings (SSSR count). The third-order valence-corrected chi connectivity index (χ3v) is 2.73. The lowest BCUT2D eigenvalue weighted by Gasteiger charge is -2.31. The maximum absolute atomic E-state index is 10.8. The van der Waals surface area contributed by atoms with Gasteiger partial charge < -0.3 is 9.64 Å². The maximum atomic E-state index is 10.8. The molecule has 0 atom stereocenters. The Morgan fingerprint density at radius 1 is 1.27 bits per heavy atom. The van der Waals surface area contributed by atoms with Gasteiger partial charge in [-0.15, -0.1) is 0 Å². The van der Waals surface area contributed by atoms with Gasteiger partial charge in [0.2, 0.25) is 6.41 Å². The Bertz CT molecular complexity index is 145. The van der Waals surface area contributed by atoms with Gasteiger partial charge in [0.25, 0.3) is 0 Å². The highest BCUT2D eigenvalue weighted by Gasteiger charge is 2.18. The normalized spacial score (nSPS) is 16.5. The molecule has 0 aromatic rings. The summed E-state index contributed by atoms with van der Waals surface area (Å²) in [5, 5.41) is 0. The van der Waals surface area contributed by atoms with Gasteiger partial charge in [0, 0.05) is 19.7 Å².